The molecule has 3 nitrogen and oxygen atoms in total. The number of fused-ring (bicyclic) bond motifs is 4. The first kappa shape index (κ1) is 29.1. The van der Waals surface area contributed by atoms with Crippen LogP contribution in [0.15, 0.2) is 108 Å². The summed E-state index contributed by atoms with van der Waals surface area (Å²) < 4.78 is 48.5. The molecule has 0 amide bonds. The zero-order valence-corrected chi connectivity index (χ0v) is 32.2. The second-order valence-electron chi connectivity index (χ2n) is 14.2. The van der Waals surface area contributed by atoms with Crippen molar-refractivity contribution in [1.29, 1.82) is 0 Å². The second-order valence-corrected chi connectivity index (χ2v) is 19.2. The van der Waals surface area contributed by atoms with E-state index in [0.717, 1.165) is 43.9 Å². The van der Waals surface area contributed by atoms with Gasteiger partial charge in [0.05, 0.1) is 16.4 Å². The van der Waals surface area contributed by atoms with Crippen LogP contribution in [0.25, 0.3) is 55.2 Å². The van der Waals surface area contributed by atoms with Crippen molar-refractivity contribution >= 4 is 46.0 Å². The van der Waals surface area contributed by atoms with E-state index in [2.05, 4.69) is 59.9 Å². The van der Waals surface area contributed by atoms with E-state index >= 15 is 0 Å². The Balaban J connectivity index is 0.000000223. The van der Waals surface area contributed by atoms with Crippen molar-refractivity contribution in [2.45, 2.75) is 66.5 Å². The Bertz CT molecular complexity index is 2430. The van der Waals surface area contributed by atoms with Crippen molar-refractivity contribution in [2.75, 3.05) is 0 Å². The van der Waals surface area contributed by atoms with E-state index in [1.807, 2.05) is 74.6 Å². The third kappa shape index (κ3) is 7.87. The molecule has 0 saturated carbocycles. The predicted octanol–water partition coefficient (Wildman–Crippen LogP) is 11.4. The van der Waals surface area contributed by atoms with E-state index in [0.29, 0.717) is 16.8 Å². The van der Waals surface area contributed by atoms with Gasteiger partial charge < -0.3 is 14.4 Å². The third-order valence-electron chi connectivity index (χ3n) is 7.95. The van der Waals surface area contributed by atoms with Crippen LogP contribution in [-0.2, 0) is 26.5 Å². The molecule has 0 unspecified atom stereocenters. The van der Waals surface area contributed by atoms with Crippen molar-refractivity contribution < 1.29 is 31.4 Å². The molecule has 48 heavy (non-hydrogen) atoms. The van der Waals surface area contributed by atoms with Gasteiger partial charge in [-0.05, 0) is 63.2 Å². The molecule has 0 saturated heterocycles. The number of rotatable bonds is 5. The average molecular weight is 830 g/mol. The first-order valence-electron chi connectivity index (χ1n) is 18.5. The monoisotopic (exact) mass is 830 g/mol. The Labute approximate surface area is 307 Å². The minimum absolute atomic E-state index is 0. The number of hydrogen-bond donors (Lipinski definition) is 0. The molecule has 0 bridgehead atoms. The first-order chi connectivity index (χ1) is 24.3. The maximum Gasteiger partial charge on any atom is 0.121 e. The fraction of sp³-hybridized carbons (Fsp3) is 0.256. The molecule has 0 spiro atoms. The Morgan fingerprint density at radius 3 is 2.27 bits per heavy atom. The van der Waals surface area contributed by atoms with Crippen molar-refractivity contribution in [3.05, 3.63) is 127 Å². The topological polar surface area (TPSA) is 38.9 Å². The molecule has 4 aromatic carbocycles. The largest absolute Gasteiger partial charge is 0.501 e. The van der Waals surface area contributed by atoms with Crippen LogP contribution in [0.2, 0.25) is 19.6 Å². The van der Waals surface area contributed by atoms with Gasteiger partial charge in [-0.3, -0.25) is 0 Å². The van der Waals surface area contributed by atoms with Crippen LogP contribution in [0.4, 0.5) is 0 Å². The van der Waals surface area contributed by atoms with Crippen LogP contribution >= 0.6 is 0 Å². The van der Waals surface area contributed by atoms with Gasteiger partial charge >= 0.3 is 0 Å². The van der Waals surface area contributed by atoms with Gasteiger partial charge in [0.1, 0.15) is 5.58 Å². The van der Waals surface area contributed by atoms with Gasteiger partial charge in [0.25, 0.3) is 0 Å². The van der Waals surface area contributed by atoms with Crippen molar-refractivity contribution in [3.63, 3.8) is 0 Å². The minimum Gasteiger partial charge on any atom is -0.501 e. The Kier molecular flexibility index (Phi) is 8.66. The van der Waals surface area contributed by atoms with Crippen LogP contribution in [0, 0.1) is 17.5 Å². The molecule has 0 atom stereocenters. The standard InChI is InChI=1S/C26H22NO.C17H22NSi.Ir/c1-26(2,3)16-17-11-12-27-23(13-17)21-10-6-9-20-22-14-18-7-4-5-8-19(18)15-24(22)28-25(20)21;1-13(2)15-11-16(14-9-7-6-8-10-14)18-12-17(15)19(3,4)5;/h4-9,11-15H,16H2,1-3H3;6-9,11-13H,1-5H3;/q2*-1;/i11D,12D,16D2;13D;. The summed E-state index contributed by atoms with van der Waals surface area (Å²) >= 11 is 0. The van der Waals surface area contributed by atoms with Gasteiger partial charge in [-0.1, -0.05) is 113 Å². The fourth-order valence-electron chi connectivity index (χ4n) is 5.74. The zero-order chi connectivity index (χ0) is 37.8. The summed E-state index contributed by atoms with van der Waals surface area (Å²) in [6, 6.07) is 33.6. The van der Waals surface area contributed by atoms with Crippen molar-refractivity contribution in [3.8, 4) is 22.5 Å². The van der Waals surface area contributed by atoms with Gasteiger partial charge in [-0.25, -0.2) is 0 Å². The summed E-state index contributed by atoms with van der Waals surface area (Å²) in [4.78, 5) is 8.91. The van der Waals surface area contributed by atoms with E-state index in [1.165, 1.54) is 5.19 Å². The summed E-state index contributed by atoms with van der Waals surface area (Å²) in [6.07, 6.45) is -0.108. The van der Waals surface area contributed by atoms with E-state index in [9.17, 15) is 0 Å². The molecule has 0 aliphatic rings. The quantitative estimate of drug-likeness (QED) is 0.128. The van der Waals surface area contributed by atoms with Crippen molar-refractivity contribution in [2.24, 2.45) is 5.41 Å². The molecular weight excluding hydrogens is 781 g/mol. The molecule has 7 aromatic rings. The number of nitrogens with zero attached hydrogens (tertiary/aromatic N) is 2. The van der Waals surface area contributed by atoms with E-state index < -0.39 is 25.8 Å². The van der Waals surface area contributed by atoms with Crippen LogP contribution in [-0.4, -0.2) is 18.0 Å². The number of pyridine rings is 2. The zero-order valence-electron chi connectivity index (χ0n) is 33.8. The van der Waals surface area contributed by atoms with Crippen molar-refractivity contribution in [1.82, 2.24) is 9.97 Å². The summed E-state index contributed by atoms with van der Waals surface area (Å²) in [6.45, 7) is 16.1. The number of furan rings is 1. The Morgan fingerprint density at radius 1 is 0.875 bits per heavy atom. The van der Waals surface area contributed by atoms with Crippen LogP contribution in [0.5, 0.6) is 0 Å². The maximum absolute atomic E-state index is 8.65. The van der Waals surface area contributed by atoms with Gasteiger partial charge in [-0.15, -0.1) is 54.1 Å². The first-order valence-corrected chi connectivity index (χ1v) is 19.5. The maximum atomic E-state index is 8.65. The fourth-order valence-corrected chi connectivity index (χ4v) is 7.32. The molecule has 1 radical (unpaired) electrons. The van der Waals surface area contributed by atoms with Crippen LogP contribution < -0.4 is 5.19 Å². The molecule has 7 rings (SSSR count). The molecule has 5 heteroatoms. The number of hydrogen-bond acceptors (Lipinski definition) is 3. The predicted molar refractivity (Wildman–Crippen MR) is 202 cm³/mol. The van der Waals surface area contributed by atoms with E-state index in [4.69, 9.17) is 11.3 Å². The normalized spacial score (nSPS) is 13.9. The minimum atomic E-state index is -1.82. The van der Waals surface area contributed by atoms with Gasteiger partial charge in [0.15, 0.2) is 0 Å². The SMILES string of the molecule is [2H]C(C)(C)c1cc(-c2[c-]cccc2)ncc1[Si](C)(C)C.[2H]c1nc(-c2[c-]ccc3c2oc2cc4ccccc4cc23)cc(C([2H])([2H])C(C)(C)C)c1[2H].[Ir]. The summed E-state index contributed by atoms with van der Waals surface area (Å²) in [7, 11) is -1.50. The average Bonchev–Trinajstić information content (AvgIpc) is 3.45. The van der Waals surface area contributed by atoms with Gasteiger partial charge in [0.2, 0.25) is 0 Å². The van der Waals surface area contributed by atoms with Crippen LogP contribution in [0.1, 0.15) is 58.5 Å². The molecule has 0 aliphatic heterocycles. The Hall–Kier alpha value is -3.89. The summed E-state index contributed by atoms with van der Waals surface area (Å²) in [5, 5.41) is 5.35. The summed E-state index contributed by atoms with van der Waals surface area (Å²) in [5.41, 5.74) is 4.64. The van der Waals surface area contributed by atoms with Crippen LogP contribution in [0.3, 0.4) is 0 Å². The molecular formula is C43H44IrN2OSi-2. The molecule has 3 aromatic heterocycles. The smallest absolute Gasteiger partial charge is 0.121 e. The summed E-state index contributed by atoms with van der Waals surface area (Å²) in [5.74, 6) is -0.609. The molecule has 0 fully saturated rings. The second kappa shape index (κ2) is 14.3. The molecule has 0 N–H and O–H groups in total. The Morgan fingerprint density at radius 2 is 1.60 bits per heavy atom. The number of aromatic nitrogens is 2. The molecule has 3 heterocycles. The third-order valence-corrected chi connectivity index (χ3v) is 9.96. The van der Waals surface area contributed by atoms with Gasteiger partial charge in [0, 0.05) is 42.0 Å². The van der Waals surface area contributed by atoms with Gasteiger partial charge in [-0.2, -0.15) is 0 Å². The van der Waals surface area contributed by atoms with E-state index in [-0.39, 0.29) is 37.9 Å². The molecule has 247 valence electrons. The molecule has 0 aliphatic carbocycles. The number of benzene rings is 4. The van der Waals surface area contributed by atoms with E-state index in [1.54, 1.807) is 32.9 Å².